The number of esters is 1. The zero-order valence-corrected chi connectivity index (χ0v) is 49.1. The van der Waals surface area contributed by atoms with E-state index >= 15 is 0 Å². The lowest BCUT2D eigenvalue weighted by atomic mass is 10.0. The third-order valence-corrected chi connectivity index (χ3v) is 15.2. The van der Waals surface area contributed by atoms with Crippen LogP contribution in [-0.4, -0.2) is 69.4 Å². The molecule has 0 fully saturated rings. The van der Waals surface area contributed by atoms with E-state index in [1.165, 1.54) is 225 Å². The standard InChI is InChI=1S/C61H121N2O7P/c1-7-10-13-16-19-22-25-26-27-28-29-30-31-32-33-34-35-36-39-42-45-48-51-54-61(65)70-59(52-49-46-43-40-37-23-20-17-14-11-8-2)58(57-69-71(66,67)68-56-55-63(4,5)6)62-60(64)53-50-47-44-41-38-24-21-18-15-12-9-3/h49,52,58-59H,7-48,50-51,53-57H2,1-6H3,(H-,62,64,66,67)/b52-49-. The molecular formula is C61H121N2O7P. The molecule has 0 saturated carbocycles. The van der Waals surface area contributed by atoms with Gasteiger partial charge in [-0.1, -0.05) is 284 Å². The Morgan fingerprint density at radius 3 is 1.15 bits per heavy atom. The third kappa shape index (κ3) is 53.4. The Kier molecular flexibility index (Phi) is 51.3. The van der Waals surface area contributed by atoms with E-state index in [0.717, 1.165) is 57.8 Å². The molecule has 1 amide bonds. The van der Waals surface area contributed by atoms with E-state index in [1.54, 1.807) is 0 Å². The smallest absolute Gasteiger partial charge is 0.306 e. The molecule has 3 atom stereocenters. The van der Waals surface area contributed by atoms with Crippen LogP contribution in [0.25, 0.3) is 0 Å². The van der Waals surface area contributed by atoms with Crippen LogP contribution in [0.1, 0.15) is 316 Å². The van der Waals surface area contributed by atoms with Crippen molar-refractivity contribution in [2.45, 2.75) is 328 Å². The van der Waals surface area contributed by atoms with Gasteiger partial charge in [0.1, 0.15) is 19.3 Å². The SMILES string of the molecule is CCCCCCCCCCC/C=C\C(OC(=O)CCCCCCCCCCCCCCCCCCCCCCCCC)C(COP(=O)([O-])OCC[N+](C)(C)C)NC(=O)CCCCCCCCCCCCC. The highest BCUT2D eigenvalue weighted by molar-refractivity contribution is 7.45. The Labute approximate surface area is 441 Å². The summed E-state index contributed by atoms with van der Waals surface area (Å²) in [4.78, 5) is 39.8. The predicted octanol–water partition coefficient (Wildman–Crippen LogP) is 18.2. The molecule has 0 aliphatic carbocycles. The molecule has 71 heavy (non-hydrogen) atoms. The van der Waals surface area contributed by atoms with Crippen molar-refractivity contribution in [2.75, 3.05) is 40.9 Å². The van der Waals surface area contributed by atoms with Crippen LogP contribution in [0.4, 0.5) is 0 Å². The summed E-state index contributed by atoms with van der Waals surface area (Å²) in [7, 11) is 1.20. The van der Waals surface area contributed by atoms with E-state index in [1.807, 2.05) is 33.3 Å². The van der Waals surface area contributed by atoms with Gasteiger partial charge in [0, 0.05) is 12.8 Å². The van der Waals surface area contributed by atoms with Crippen LogP contribution < -0.4 is 10.2 Å². The van der Waals surface area contributed by atoms with Gasteiger partial charge in [0.2, 0.25) is 5.91 Å². The Morgan fingerprint density at radius 2 is 0.803 bits per heavy atom. The molecule has 0 saturated heterocycles. The van der Waals surface area contributed by atoms with Crippen LogP contribution >= 0.6 is 7.82 Å². The summed E-state index contributed by atoms with van der Waals surface area (Å²) in [6, 6.07) is -0.878. The van der Waals surface area contributed by atoms with Crippen molar-refractivity contribution in [3.8, 4) is 0 Å². The first-order chi connectivity index (χ1) is 34.4. The number of hydrogen-bond donors (Lipinski definition) is 1. The number of nitrogens with one attached hydrogen (secondary N) is 1. The fraction of sp³-hybridized carbons (Fsp3) is 0.934. The van der Waals surface area contributed by atoms with Crippen molar-refractivity contribution < 1.29 is 37.3 Å². The maximum Gasteiger partial charge on any atom is 0.306 e. The van der Waals surface area contributed by atoms with E-state index in [0.29, 0.717) is 17.4 Å². The molecule has 0 heterocycles. The molecule has 0 spiro atoms. The molecular weight excluding hydrogens is 904 g/mol. The maximum atomic E-state index is 13.4. The van der Waals surface area contributed by atoms with Gasteiger partial charge in [0.05, 0.1) is 33.8 Å². The lowest BCUT2D eigenvalue weighted by Crippen LogP contribution is -2.47. The predicted molar refractivity (Wildman–Crippen MR) is 303 cm³/mol. The van der Waals surface area contributed by atoms with E-state index in [4.69, 9.17) is 13.8 Å². The summed E-state index contributed by atoms with van der Waals surface area (Å²) in [5.74, 6) is -0.523. The number of phosphoric acid groups is 1. The molecule has 9 nitrogen and oxygen atoms in total. The maximum absolute atomic E-state index is 13.4. The molecule has 10 heteroatoms. The van der Waals surface area contributed by atoms with Crippen molar-refractivity contribution in [3.63, 3.8) is 0 Å². The van der Waals surface area contributed by atoms with Crippen molar-refractivity contribution in [1.29, 1.82) is 0 Å². The summed E-state index contributed by atoms with van der Waals surface area (Å²) in [6.07, 6.45) is 59.0. The van der Waals surface area contributed by atoms with Crippen LogP contribution in [0.15, 0.2) is 12.2 Å². The molecule has 0 aromatic heterocycles. The summed E-state index contributed by atoms with van der Waals surface area (Å²) in [5.41, 5.74) is 0. The van der Waals surface area contributed by atoms with Gasteiger partial charge in [-0.2, -0.15) is 0 Å². The summed E-state index contributed by atoms with van der Waals surface area (Å²) in [5, 5.41) is 3.02. The van der Waals surface area contributed by atoms with Gasteiger partial charge < -0.3 is 28.5 Å². The zero-order valence-electron chi connectivity index (χ0n) is 48.2. The Morgan fingerprint density at radius 1 is 0.479 bits per heavy atom. The molecule has 0 aliphatic heterocycles. The quantitative estimate of drug-likeness (QED) is 0.0212. The lowest BCUT2D eigenvalue weighted by Gasteiger charge is -2.30. The number of carbonyl (C=O) groups is 2. The highest BCUT2D eigenvalue weighted by atomic mass is 31.2. The van der Waals surface area contributed by atoms with Gasteiger partial charge in [0.15, 0.2) is 0 Å². The molecule has 0 radical (unpaired) electrons. The van der Waals surface area contributed by atoms with E-state index < -0.39 is 20.0 Å². The highest BCUT2D eigenvalue weighted by Gasteiger charge is 2.27. The second-order valence-electron chi connectivity index (χ2n) is 22.6. The number of phosphoric ester groups is 1. The summed E-state index contributed by atoms with van der Waals surface area (Å²) in [6.45, 7) is 6.87. The van der Waals surface area contributed by atoms with E-state index in [9.17, 15) is 19.0 Å². The number of carbonyl (C=O) groups excluding carboxylic acids is 2. The van der Waals surface area contributed by atoms with Gasteiger partial charge >= 0.3 is 5.97 Å². The number of unbranched alkanes of at least 4 members (excludes halogenated alkanes) is 41. The number of nitrogens with zero attached hydrogens (tertiary/aromatic N) is 1. The van der Waals surface area contributed by atoms with Crippen LogP contribution in [0, 0.1) is 0 Å². The number of ether oxygens (including phenoxy) is 1. The third-order valence-electron chi connectivity index (χ3n) is 14.2. The van der Waals surface area contributed by atoms with Crippen LogP contribution in [0.5, 0.6) is 0 Å². The Balaban J connectivity index is 5.03. The first-order valence-corrected chi connectivity index (χ1v) is 32.5. The molecule has 0 rings (SSSR count). The fourth-order valence-electron chi connectivity index (χ4n) is 9.41. The van der Waals surface area contributed by atoms with Gasteiger partial charge in [-0.15, -0.1) is 0 Å². The minimum atomic E-state index is -4.68. The van der Waals surface area contributed by atoms with Crippen LogP contribution in [-0.2, 0) is 27.9 Å². The fourth-order valence-corrected chi connectivity index (χ4v) is 10.1. The summed E-state index contributed by atoms with van der Waals surface area (Å²) >= 11 is 0. The van der Waals surface area contributed by atoms with E-state index in [-0.39, 0.29) is 31.5 Å². The van der Waals surface area contributed by atoms with Crippen molar-refractivity contribution in [2.24, 2.45) is 0 Å². The van der Waals surface area contributed by atoms with E-state index in [2.05, 4.69) is 26.1 Å². The highest BCUT2D eigenvalue weighted by Crippen LogP contribution is 2.38. The Hall–Kier alpha value is -1.25. The topological polar surface area (TPSA) is 114 Å². The van der Waals surface area contributed by atoms with Crippen LogP contribution in [0.2, 0.25) is 0 Å². The molecule has 3 unspecified atom stereocenters. The summed E-state index contributed by atoms with van der Waals surface area (Å²) < 4.78 is 30.2. The first-order valence-electron chi connectivity index (χ1n) is 31.0. The zero-order chi connectivity index (χ0) is 52.2. The molecule has 0 aromatic carbocycles. The normalized spacial score (nSPS) is 13.7. The number of likely N-dealkylation sites (N-methyl/N-ethyl adjacent to an activating group) is 1. The van der Waals surface area contributed by atoms with Gasteiger partial charge in [-0.05, 0) is 31.8 Å². The first kappa shape index (κ1) is 69.8. The molecule has 0 aliphatic rings. The average Bonchev–Trinajstić information content (AvgIpc) is 3.33. The Bertz CT molecular complexity index is 1230. The number of rotatable bonds is 57. The second-order valence-corrected chi connectivity index (χ2v) is 24.0. The molecule has 0 aromatic rings. The van der Waals surface area contributed by atoms with Gasteiger partial charge in [-0.3, -0.25) is 14.2 Å². The minimum Gasteiger partial charge on any atom is -0.756 e. The second kappa shape index (κ2) is 52.2. The van der Waals surface area contributed by atoms with Crippen molar-refractivity contribution in [3.05, 3.63) is 12.2 Å². The number of hydrogen-bond acceptors (Lipinski definition) is 7. The largest absolute Gasteiger partial charge is 0.756 e. The van der Waals surface area contributed by atoms with Crippen LogP contribution in [0.3, 0.4) is 0 Å². The molecule has 422 valence electrons. The monoisotopic (exact) mass is 1020 g/mol. The van der Waals surface area contributed by atoms with Crippen molar-refractivity contribution in [1.82, 2.24) is 5.32 Å². The minimum absolute atomic E-state index is 0.0171. The van der Waals surface area contributed by atoms with Gasteiger partial charge in [0.25, 0.3) is 7.82 Å². The van der Waals surface area contributed by atoms with Gasteiger partial charge in [-0.25, -0.2) is 0 Å². The average molecular weight is 1030 g/mol. The number of quaternary nitrogens is 1. The van der Waals surface area contributed by atoms with Crippen molar-refractivity contribution >= 4 is 19.7 Å². The molecule has 1 N–H and O–H groups in total. The lowest BCUT2D eigenvalue weighted by molar-refractivity contribution is -0.870. The number of allylic oxidation sites excluding steroid dienone is 1. The number of amides is 1. The molecule has 0 bridgehead atoms.